The molecule has 0 saturated carbocycles. The summed E-state index contributed by atoms with van der Waals surface area (Å²) in [4.78, 5) is 0. The molecule has 0 aliphatic carbocycles. The van der Waals surface area contributed by atoms with Gasteiger partial charge in [0.1, 0.15) is 0 Å². The van der Waals surface area contributed by atoms with E-state index in [1.54, 1.807) is 0 Å². The van der Waals surface area contributed by atoms with Gasteiger partial charge in [0.25, 0.3) is 0 Å². The summed E-state index contributed by atoms with van der Waals surface area (Å²) in [5, 5.41) is 0. The van der Waals surface area contributed by atoms with E-state index in [2.05, 4.69) is 41.5 Å². The zero-order valence-corrected chi connectivity index (χ0v) is 9.60. The third-order valence-corrected chi connectivity index (χ3v) is 0. The van der Waals surface area contributed by atoms with Gasteiger partial charge in [0.15, 0.2) is 0 Å². The van der Waals surface area contributed by atoms with Crippen LogP contribution in [-0.4, -0.2) is 0 Å². The average Bonchev–Trinajstić information content (AvgIpc) is 1.25. The molecule has 0 fully saturated rings. The summed E-state index contributed by atoms with van der Waals surface area (Å²) in [6, 6.07) is 0. The molecule has 0 bridgehead atoms. The maximum atomic E-state index is 2.17. The van der Waals surface area contributed by atoms with Crippen molar-refractivity contribution in [3.05, 3.63) is 0 Å². The van der Waals surface area contributed by atoms with Crippen LogP contribution in [0.15, 0.2) is 0 Å². The van der Waals surface area contributed by atoms with Crippen LogP contribution in [0.5, 0.6) is 0 Å². The van der Waals surface area contributed by atoms with Crippen molar-refractivity contribution >= 4 is 24.8 Å². The van der Waals surface area contributed by atoms with Crippen LogP contribution in [0.25, 0.3) is 0 Å². The fraction of sp³-hybridized carbons (Fsp3) is 1.00. The maximum absolute atomic E-state index is 2.17. The number of halogens is 2. The van der Waals surface area contributed by atoms with Crippen molar-refractivity contribution < 1.29 is 0 Å². The standard InChI is InChI=1S/2C4H10.2ClH/c2*1-4(2)3;;/h2*4H,1-3H3;2*1H. The minimum Gasteiger partial charge on any atom is -0.147 e. The van der Waals surface area contributed by atoms with Crippen molar-refractivity contribution in [1.82, 2.24) is 0 Å². The molecule has 0 aromatic carbocycles. The van der Waals surface area contributed by atoms with Crippen molar-refractivity contribution in [2.75, 3.05) is 0 Å². The first-order valence-corrected chi connectivity index (χ1v) is 3.46. The Morgan fingerprint density at radius 1 is 0.500 bits per heavy atom. The van der Waals surface area contributed by atoms with Gasteiger partial charge >= 0.3 is 0 Å². The molecule has 0 rings (SSSR count). The summed E-state index contributed by atoms with van der Waals surface area (Å²) >= 11 is 0. The molecule has 0 aromatic heterocycles. The zero-order valence-electron chi connectivity index (χ0n) is 7.97. The molecule has 0 N–H and O–H groups in total. The van der Waals surface area contributed by atoms with Gasteiger partial charge in [-0.2, -0.15) is 0 Å². The van der Waals surface area contributed by atoms with Crippen molar-refractivity contribution in [1.29, 1.82) is 0 Å². The molecule has 0 saturated heterocycles. The Bertz CT molecular complexity index is 22.7. The summed E-state index contributed by atoms with van der Waals surface area (Å²) < 4.78 is 0. The van der Waals surface area contributed by atoms with Gasteiger partial charge in [-0.1, -0.05) is 41.5 Å². The molecule has 0 aliphatic heterocycles. The smallest absolute Gasteiger partial charge is 0.0500 e. The molecular formula is C8H22Cl2. The van der Waals surface area contributed by atoms with Gasteiger partial charge in [-0.25, -0.2) is 0 Å². The first-order valence-electron chi connectivity index (χ1n) is 3.46. The van der Waals surface area contributed by atoms with E-state index in [9.17, 15) is 0 Å². The highest BCUT2D eigenvalue weighted by molar-refractivity contribution is 5.85. The fourth-order valence-electron chi connectivity index (χ4n) is 0. The SMILES string of the molecule is CC(C)C.CC(C)C.Cl.Cl. The van der Waals surface area contributed by atoms with E-state index in [-0.39, 0.29) is 24.8 Å². The predicted octanol–water partition coefficient (Wildman–Crippen LogP) is 4.17. The first kappa shape index (κ1) is 22.4. The van der Waals surface area contributed by atoms with Crippen molar-refractivity contribution in [3.63, 3.8) is 0 Å². The van der Waals surface area contributed by atoms with Gasteiger partial charge in [0.05, 0.1) is 0 Å². The van der Waals surface area contributed by atoms with E-state index in [4.69, 9.17) is 0 Å². The lowest BCUT2D eigenvalue weighted by molar-refractivity contribution is 0.736. The zero-order chi connectivity index (χ0) is 7.15. The molecule has 0 spiro atoms. The van der Waals surface area contributed by atoms with Crippen LogP contribution in [0, 0.1) is 11.8 Å². The van der Waals surface area contributed by atoms with E-state index in [0.29, 0.717) is 0 Å². The summed E-state index contributed by atoms with van der Waals surface area (Å²) in [7, 11) is 0. The quantitative estimate of drug-likeness (QED) is 0.536. The molecular weight excluding hydrogens is 167 g/mol. The van der Waals surface area contributed by atoms with Gasteiger partial charge in [-0.05, 0) is 11.8 Å². The van der Waals surface area contributed by atoms with Crippen molar-refractivity contribution in [2.45, 2.75) is 41.5 Å². The van der Waals surface area contributed by atoms with Gasteiger partial charge < -0.3 is 0 Å². The van der Waals surface area contributed by atoms with Crippen LogP contribution in [0.4, 0.5) is 0 Å². The molecule has 0 aromatic rings. The van der Waals surface area contributed by atoms with Crippen LogP contribution < -0.4 is 0 Å². The number of hydrogen-bond acceptors (Lipinski definition) is 0. The third kappa shape index (κ3) is 1470. The van der Waals surface area contributed by atoms with E-state index >= 15 is 0 Å². The Labute approximate surface area is 78.6 Å². The Balaban J connectivity index is -0.0000000300. The summed E-state index contributed by atoms with van der Waals surface area (Å²) in [6.07, 6.45) is 0. The Kier molecular flexibility index (Phi) is 36.5. The molecule has 0 heterocycles. The number of hydrogen-bond donors (Lipinski definition) is 0. The van der Waals surface area contributed by atoms with E-state index in [1.165, 1.54) is 0 Å². The van der Waals surface area contributed by atoms with Gasteiger partial charge in [0.2, 0.25) is 0 Å². The van der Waals surface area contributed by atoms with Gasteiger partial charge in [-0.3, -0.25) is 0 Å². The second kappa shape index (κ2) is 16.3. The van der Waals surface area contributed by atoms with Crippen LogP contribution in [-0.2, 0) is 0 Å². The molecule has 0 aliphatic rings. The Morgan fingerprint density at radius 2 is 0.500 bits per heavy atom. The molecule has 0 unspecified atom stereocenters. The molecule has 0 atom stereocenters. The second-order valence-corrected chi connectivity index (χ2v) is 3.46. The van der Waals surface area contributed by atoms with E-state index in [1.807, 2.05) is 0 Å². The van der Waals surface area contributed by atoms with Gasteiger partial charge in [0, 0.05) is 0 Å². The highest BCUT2D eigenvalue weighted by Gasteiger charge is 1.68. The normalized spacial score (nSPS) is 7.20. The molecule has 0 amide bonds. The van der Waals surface area contributed by atoms with Crippen LogP contribution in [0.2, 0.25) is 0 Å². The average molecular weight is 189 g/mol. The maximum Gasteiger partial charge on any atom is -0.0500 e. The lowest BCUT2D eigenvalue weighted by Gasteiger charge is -1.79. The molecule has 68 valence electrons. The largest absolute Gasteiger partial charge is 0.147 e. The summed E-state index contributed by atoms with van der Waals surface area (Å²) in [5.41, 5.74) is 0. The van der Waals surface area contributed by atoms with Crippen LogP contribution >= 0.6 is 24.8 Å². The minimum absolute atomic E-state index is 0. The highest BCUT2D eigenvalue weighted by atomic mass is 35.5. The molecule has 2 heteroatoms. The number of rotatable bonds is 0. The topological polar surface area (TPSA) is 0 Å². The summed E-state index contributed by atoms with van der Waals surface area (Å²) in [6.45, 7) is 13.0. The lowest BCUT2D eigenvalue weighted by atomic mass is 10.3. The summed E-state index contributed by atoms with van der Waals surface area (Å²) in [5.74, 6) is 1.67. The van der Waals surface area contributed by atoms with Gasteiger partial charge in [-0.15, -0.1) is 24.8 Å². The van der Waals surface area contributed by atoms with E-state index < -0.39 is 0 Å². The van der Waals surface area contributed by atoms with Crippen LogP contribution in [0.3, 0.4) is 0 Å². The third-order valence-electron chi connectivity index (χ3n) is 0. The monoisotopic (exact) mass is 188 g/mol. The highest BCUT2D eigenvalue weighted by Crippen LogP contribution is 1.81. The van der Waals surface area contributed by atoms with Crippen molar-refractivity contribution in [2.24, 2.45) is 11.8 Å². The second-order valence-electron chi connectivity index (χ2n) is 3.46. The molecule has 10 heavy (non-hydrogen) atoms. The fourth-order valence-corrected chi connectivity index (χ4v) is 0. The molecule has 0 radical (unpaired) electrons. The van der Waals surface area contributed by atoms with Crippen molar-refractivity contribution in [3.8, 4) is 0 Å². The van der Waals surface area contributed by atoms with Crippen LogP contribution in [0.1, 0.15) is 41.5 Å². The lowest BCUT2D eigenvalue weighted by Crippen LogP contribution is -1.66. The minimum atomic E-state index is 0. The molecule has 0 nitrogen and oxygen atoms in total. The Morgan fingerprint density at radius 3 is 0.500 bits per heavy atom. The Hall–Kier alpha value is 0.580. The first-order chi connectivity index (χ1) is 3.46. The predicted molar refractivity (Wildman–Crippen MR) is 55.5 cm³/mol. The van der Waals surface area contributed by atoms with E-state index in [0.717, 1.165) is 11.8 Å².